The van der Waals surface area contributed by atoms with Crippen molar-refractivity contribution >= 4 is 11.6 Å². The molecule has 0 saturated carbocycles. The Hall–Kier alpha value is -3.02. The van der Waals surface area contributed by atoms with E-state index in [9.17, 15) is 4.79 Å². The maximum atomic E-state index is 11.9. The molecule has 0 aliphatic heterocycles. The molecule has 0 bridgehead atoms. The van der Waals surface area contributed by atoms with Gasteiger partial charge in [0.05, 0.1) is 19.9 Å². The maximum Gasteiger partial charge on any atom is 0.277 e. The van der Waals surface area contributed by atoms with Crippen molar-refractivity contribution in [2.45, 2.75) is 13.3 Å². The van der Waals surface area contributed by atoms with Crippen molar-refractivity contribution < 1.29 is 19.0 Å². The molecule has 0 unspecified atom stereocenters. The lowest BCUT2D eigenvalue weighted by atomic mass is 10.1. The summed E-state index contributed by atoms with van der Waals surface area (Å²) in [6, 6.07) is 14.7. The molecule has 2 aromatic carbocycles. The lowest BCUT2D eigenvalue weighted by molar-refractivity contribution is -0.123. The highest BCUT2D eigenvalue weighted by Gasteiger charge is 2.09. The molecule has 0 saturated heterocycles. The monoisotopic (exact) mass is 342 g/mol. The molecule has 6 heteroatoms. The summed E-state index contributed by atoms with van der Waals surface area (Å²) >= 11 is 0. The van der Waals surface area contributed by atoms with E-state index < -0.39 is 0 Å². The van der Waals surface area contributed by atoms with Gasteiger partial charge in [0.15, 0.2) is 18.1 Å². The minimum absolute atomic E-state index is 0.101. The average Bonchev–Trinajstić information content (AvgIpc) is 2.67. The number of ether oxygens (including phenoxy) is 3. The topological polar surface area (TPSA) is 69.2 Å². The largest absolute Gasteiger partial charge is 0.493 e. The van der Waals surface area contributed by atoms with Gasteiger partial charge in [-0.15, -0.1) is 0 Å². The van der Waals surface area contributed by atoms with Crippen LogP contribution in [-0.2, 0) is 4.79 Å². The Labute approximate surface area is 147 Å². The van der Waals surface area contributed by atoms with Crippen LogP contribution < -0.4 is 19.6 Å². The summed E-state index contributed by atoms with van der Waals surface area (Å²) in [5, 5.41) is 4.20. The molecule has 1 amide bonds. The third-order valence-corrected chi connectivity index (χ3v) is 3.48. The Morgan fingerprint density at radius 3 is 2.40 bits per heavy atom. The van der Waals surface area contributed by atoms with Crippen LogP contribution in [0.3, 0.4) is 0 Å². The highest BCUT2D eigenvalue weighted by atomic mass is 16.5. The number of para-hydroxylation sites is 1. The molecule has 1 N–H and O–H groups in total. The second-order valence-electron chi connectivity index (χ2n) is 5.12. The highest BCUT2D eigenvalue weighted by molar-refractivity contribution is 6.01. The maximum absolute atomic E-state index is 11.9. The van der Waals surface area contributed by atoms with E-state index in [-0.39, 0.29) is 12.5 Å². The molecule has 0 fully saturated rings. The van der Waals surface area contributed by atoms with Crippen LogP contribution >= 0.6 is 0 Å². The average molecular weight is 342 g/mol. The van der Waals surface area contributed by atoms with Crippen LogP contribution in [0.5, 0.6) is 17.2 Å². The molecule has 2 aromatic rings. The van der Waals surface area contributed by atoms with Gasteiger partial charge in [-0.05, 0) is 36.8 Å². The second-order valence-corrected chi connectivity index (χ2v) is 5.12. The molecule has 2 rings (SSSR count). The van der Waals surface area contributed by atoms with Crippen LogP contribution in [0.4, 0.5) is 0 Å². The number of hydrogen-bond donors (Lipinski definition) is 1. The van der Waals surface area contributed by atoms with E-state index in [4.69, 9.17) is 14.2 Å². The Morgan fingerprint density at radius 2 is 1.76 bits per heavy atom. The number of methoxy groups -OCH3 is 2. The molecule has 25 heavy (non-hydrogen) atoms. The summed E-state index contributed by atoms with van der Waals surface area (Å²) < 4.78 is 15.9. The molecule has 0 aliphatic carbocycles. The van der Waals surface area contributed by atoms with E-state index in [1.165, 1.54) is 0 Å². The summed E-state index contributed by atoms with van der Waals surface area (Å²) in [7, 11) is 3.16. The van der Waals surface area contributed by atoms with Crippen molar-refractivity contribution in [3.05, 3.63) is 54.1 Å². The van der Waals surface area contributed by atoms with Gasteiger partial charge in [-0.1, -0.05) is 25.1 Å². The van der Waals surface area contributed by atoms with Gasteiger partial charge in [-0.25, -0.2) is 5.43 Å². The van der Waals surface area contributed by atoms with Gasteiger partial charge in [-0.3, -0.25) is 4.79 Å². The molecule has 6 nitrogen and oxygen atoms in total. The van der Waals surface area contributed by atoms with Crippen molar-refractivity contribution in [2.24, 2.45) is 5.10 Å². The van der Waals surface area contributed by atoms with E-state index in [2.05, 4.69) is 10.5 Å². The fourth-order valence-electron chi connectivity index (χ4n) is 2.19. The van der Waals surface area contributed by atoms with Crippen molar-refractivity contribution in [1.29, 1.82) is 0 Å². The zero-order chi connectivity index (χ0) is 18.1. The normalized spacial score (nSPS) is 10.9. The fourth-order valence-corrected chi connectivity index (χ4v) is 2.19. The third kappa shape index (κ3) is 5.24. The molecule has 0 heterocycles. The van der Waals surface area contributed by atoms with E-state index in [1.54, 1.807) is 32.4 Å². The molecular formula is C19H22N2O4. The summed E-state index contributed by atoms with van der Waals surface area (Å²) in [5.41, 5.74) is 4.10. The van der Waals surface area contributed by atoms with Gasteiger partial charge >= 0.3 is 0 Å². The summed E-state index contributed by atoms with van der Waals surface area (Å²) in [4.78, 5) is 11.9. The van der Waals surface area contributed by atoms with Gasteiger partial charge in [0.2, 0.25) is 0 Å². The predicted octanol–water partition coefficient (Wildman–Crippen LogP) is 3.01. The van der Waals surface area contributed by atoms with E-state index in [1.807, 2.05) is 37.3 Å². The van der Waals surface area contributed by atoms with Crippen LogP contribution in [-0.4, -0.2) is 32.4 Å². The van der Waals surface area contributed by atoms with Gasteiger partial charge < -0.3 is 14.2 Å². The smallest absolute Gasteiger partial charge is 0.277 e. The Morgan fingerprint density at radius 1 is 1.04 bits per heavy atom. The first-order valence-corrected chi connectivity index (χ1v) is 7.93. The Kier molecular flexibility index (Phi) is 6.83. The highest BCUT2D eigenvalue weighted by Crippen LogP contribution is 2.28. The van der Waals surface area contributed by atoms with Crippen LogP contribution in [0.1, 0.15) is 18.9 Å². The van der Waals surface area contributed by atoms with E-state index in [0.717, 1.165) is 11.3 Å². The molecule has 0 radical (unpaired) electrons. The first kappa shape index (κ1) is 18.3. The number of rotatable bonds is 8. The van der Waals surface area contributed by atoms with Crippen molar-refractivity contribution in [2.75, 3.05) is 20.8 Å². The number of nitrogens with one attached hydrogen (secondary N) is 1. The number of hydrogen-bond acceptors (Lipinski definition) is 5. The van der Waals surface area contributed by atoms with Gasteiger partial charge in [0.1, 0.15) is 5.75 Å². The minimum atomic E-state index is -0.324. The third-order valence-electron chi connectivity index (χ3n) is 3.48. The zero-order valence-electron chi connectivity index (χ0n) is 14.6. The van der Waals surface area contributed by atoms with Crippen molar-refractivity contribution in [3.8, 4) is 17.2 Å². The predicted molar refractivity (Wildman–Crippen MR) is 96.5 cm³/mol. The molecule has 132 valence electrons. The quantitative estimate of drug-likeness (QED) is 0.591. The van der Waals surface area contributed by atoms with Crippen molar-refractivity contribution in [3.63, 3.8) is 0 Å². The fraction of sp³-hybridized carbons (Fsp3) is 0.263. The summed E-state index contributed by atoms with van der Waals surface area (Å²) in [5.74, 6) is 1.56. The van der Waals surface area contributed by atoms with Gasteiger partial charge in [0, 0.05) is 5.56 Å². The van der Waals surface area contributed by atoms with Crippen LogP contribution in [0.25, 0.3) is 0 Å². The Bertz CT molecular complexity index is 729. The van der Waals surface area contributed by atoms with Gasteiger partial charge in [-0.2, -0.15) is 5.10 Å². The molecular weight excluding hydrogens is 320 g/mol. The van der Waals surface area contributed by atoms with Gasteiger partial charge in [0.25, 0.3) is 5.91 Å². The first-order chi connectivity index (χ1) is 12.2. The second kappa shape index (κ2) is 9.32. The zero-order valence-corrected chi connectivity index (χ0v) is 14.6. The first-order valence-electron chi connectivity index (χ1n) is 7.93. The lowest BCUT2D eigenvalue weighted by Gasteiger charge is -2.11. The lowest BCUT2D eigenvalue weighted by Crippen LogP contribution is -2.26. The number of hydrazone groups is 1. The van der Waals surface area contributed by atoms with E-state index in [0.29, 0.717) is 23.7 Å². The number of benzene rings is 2. The Balaban J connectivity index is 2.01. The molecule has 0 spiro atoms. The summed E-state index contributed by atoms with van der Waals surface area (Å²) in [6.07, 6.45) is 0.648. The molecule has 0 aliphatic rings. The minimum Gasteiger partial charge on any atom is -0.493 e. The van der Waals surface area contributed by atoms with Crippen LogP contribution in [0, 0.1) is 0 Å². The van der Waals surface area contributed by atoms with Crippen LogP contribution in [0.2, 0.25) is 0 Å². The number of carbonyl (C=O) groups is 1. The van der Waals surface area contributed by atoms with Crippen LogP contribution in [0.15, 0.2) is 53.6 Å². The number of carbonyl (C=O) groups excluding carboxylic acids is 1. The van der Waals surface area contributed by atoms with E-state index >= 15 is 0 Å². The molecule has 0 atom stereocenters. The number of nitrogens with zero attached hydrogens (tertiary/aromatic N) is 1. The number of amides is 1. The summed E-state index contributed by atoms with van der Waals surface area (Å²) in [6.45, 7) is 1.86. The van der Waals surface area contributed by atoms with Crippen molar-refractivity contribution in [1.82, 2.24) is 5.43 Å². The molecule has 0 aromatic heterocycles. The standard InChI is InChI=1S/C19H22N2O4/c1-4-16(14-10-11-17(23-2)18(12-14)24-3)20-21-19(22)13-25-15-8-6-5-7-9-15/h5-12H,4,13H2,1-3H3,(H,21,22)/b20-16-. The SMILES string of the molecule is CC/C(=N/NC(=O)COc1ccccc1)c1ccc(OC)c(OC)c1.